The molecular weight excluding hydrogens is 348 g/mol. The largest absolute Gasteiger partial charge is 0.488 e. The molecule has 3 rings (SSSR count). The number of urea groups is 1. The van der Waals surface area contributed by atoms with E-state index in [9.17, 15) is 9.59 Å². The molecule has 0 bridgehead atoms. The highest BCUT2D eigenvalue weighted by molar-refractivity contribution is 5.99. The molecule has 0 aliphatic carbocycles. The van der Waals surface area contributed by atoms with Crippen molar-refractivity contribution in [2.24, 2.45) is 0 Å². The number of nitrogens with one attached hydrogen (secondary N) is 2. The van der Waals surface area contributed by atoms with Crippen LogP contribution < -0.4 is 15.4 Å². The first-order valence-corrected chi connectivity index (χ1v) is 8.82. The molecule has 1 aliphatic rings. The van der Waals surface area contributed by atoms with Gasteiger partial charge in [-0.15, -0.1) is 0 Å². The van der Waals surface area contributed by atoms with Gasteiger partial charge in [-0.3, -0.25) is 4.79 Å². The van der Waals surface area contributed by atoms with Gasteiger partial charge in [0.2, 0.25) is 0 Å². The zero-order valence-electron chi connectivity index (χ0n) is 14.8. The molecule has 3 N–H and O–H groups in total. The van der Waals surface area contributed by atoms with Gasteiger partial charge in [-0.25, -0.2) is 4.79 Å². The van der Waals surface area contributed by atoms with E-state index < -0.39 is 5.97 Å². The van der Waals surface area contributed by atoms with Crippen molar-refractivity contribution in [2.45, 2.75) is 25.4 Å². The van der Waals surface area contributed by atoms with Crippen LogP contribution in [0.5, 0.6) is 5.75 Å². The van der Waals surface area contributed by atoms with E-state index in [1.807, 2.05) is 6.07 Å². The van der Waals surface area contributed by atoms with Crippen LogP contribution in [0.2, 0.25) is 0 Å². The van der Waals surface area contributed by atoms with Crippen LogP contribution in [0, 0.1) is 0 Å². The average molecular weight is 370 g/mol. The molecule has 1 saturated heterocycles. The van der Waals surface area contributed by atoms with E-state index in [0.717, 1.165) is 24.3 Å². The molecular formula is C20H22N2O5. The summed E-state index contributed by atoms with van der Waals surface area (Å²) >= 11 is 0. The third kappa shape index (κ3) is 6.00. The van der Waals surface area contributed by atoms with E-state index in [0.29, 0.717) is 24.4 Å². The Labute approximate surface area is 157 Å². The molecule has 0 aromatic heterocycles. The summed E-state index contributed by atoms with van der Waals surface area (Å²) in [5.41, 5.74) is 2.11. The standard InChI is InChI=1S/C20H22N2O5/c23-19(24)9-4-14-2-1-3-16(12-14)22-20(25)21-15-5-7-17(8-6-15)27-18-10-11-26-13-18/h1-3,5-8,12,18H,4,9-11,13H2,(H,23,24)(H2,21,22,25). The summed E-state index contributed by atoms with van der Waals surface area (Å²) in [6, 6.07) is 13.9. The quantitative estimate of drug-likeness (QED) is 0.693. The number of amides is 2. The van der Waals surface area contributed by atoms with Crippen LogP contribution in [0.4, 0.5) is 16.2 Å². The van der Waals surface area contributed by atoms with Crippen molar-refractivity contribution in [3.8, 4) is 5.75 Å². The van der Waals surface area contributed by atoms with Crippen LogP contribution >= 0.6 is 0 Å². The lowest BCUT2D eigenvalue weighted by Gasteiger charge is -2.13. The molecule has 27 heavy (non-hydrogen) atoms. The maximum atomic E-state index is 12.2. The van der Waals surface area contributed by atoms with Crippen molar-refractivity contribution >= 4 is 23.4 Å². The Morgan fingerprint density at radius 3 is 2.59 bits per heavy atom. The first-order chi connectivity index (χ1) is 13.1. The van der Waals surface area contributed by atoms with Gasteiger partial charge in [-0.1, -0.05) is 12.1 Å². The van der Waals surface area contributed by atoms with Crippen molar-refractivity contribution in [1.29, 1.82) is 0 Å². The first-order valence-electron chi connectivity index (χ1n) is 8.82. The number of carboxylic acid groups (broad SMARTS) is 1. The molecule has 2 amide bonds. The number of carboxylic acids is 1. The summed E-state index contributed by atoms with van der Waals surface area (Å²) < 4.78 is 11.1. The van der Waals surface area contributed by atoms with Gasteiger partial charge in [0.25, 0.3) is 0 Å². The molecule has 1 atom stereocenters. The summed E-state index contributed by atoms with van der Waals surface area (Å²) in [6.07, 6.45) is 1.44. The maximum Gasteiger partial charge on any atom is 0.323 e. The molecule has 1 unspecified atom stereocenters. The van der Waals surface area contributed by atoms with Gasteiger partial charge in [-0.05, 0) is 48.4 Å². The molecule has 7 nitrogen and oxygen atoms in total. The van der Waals surface area contributed by atoms with Crippen molar-refractivity contribution in [1.82, 2.24) is 0 Å². The Balaban J connectivity index is 1.51. The minimum absolute atomic E-state index is 0.0526. The number of carbonyl (C=O) groups is 2. The second-order valence-corrected chi connectivity index (χ2v) is 6.30. The number of benzene rings is 2. The highest BCUT2D eigenvalue weighted by Crippen LogP contribution is 2.20. The number of hydrogen-bond donors (Lipinski definition) is 3. The van der Waals surface area contributed by atoms with Gasteiger partial charge in [0.15, 0.2) is 0 Å². The number of hydrogen-bond acceptors (Lipinski definition) is 4. The summed E-state index contributed by atoms with van der Waals surface area (Å²) in [5.74, 6) is -0.110. The number of carbonyl (C=O) groups excluding carboxylic acids is 1. The minimum atomic E-state index is -0.848. The predicted octanol–water partition coefficient (Wildman–Crippen LogP) is 3.52. The number of rotatable bonds is 7. The number of aryl methyl sites for hydroxylation is 1. The van der Waals surface area contributed by atoms with Crippen LogP contribution in [0.3, 0.4) is 0 Å². The van der Waals surface area contributed by atoms with Gasteiger partial charge >= 0.3 is 12.0 Å². The van der Waals surface area contributed by atoms with Crippen LogP contribution in [-0.4, -0.2) is 36.4 Å². The number of ether oxygens (including phenoxy) is 2. The Bertz CT molecular complexity index is 785. The van der Waals surface area contributed by atoms with Crippen molar-refractivity contribution in [3.05, 3.63) is 54.1 Å². The monoisotopic (exact) mass is 370 g/mol. The Morgan fingerprint density at radius 1 is 1.11 bits per heavy atom. The lowest BCUT2D eigenvalue weighted by atomic mass is 10.1. The molecule has 0 saturated carbocycles. The molecule has 1 heterocycles. The molecule has 2 aromatic rings. The van der Waals surface area contributed by atoms with Gasteiger partial charge in [-0.2, -0.15) is 0 Å². The summed E-state index contributed by atoms with van der Waals surface area (Å²) in [4.78, 5) is 22.8. The molecule has 7 heteroatoms. The Morgan fingerprint density at radius 2 is 1.89 bits per heavy atom. The van der Waals surface area contributed by atoms with Gasteiger partial charge in [0.05, 0.1) is 13.2 Å². The zero-order chi connectivity index (χ0) is 19.1. The predicted molar refractivity (Wildman–Crippen MR) is 101 cm³/mol. The Kier molecular flexibility index (Phi) is 6.27. The van der Waals surface area contributed by atoms with E-state index in [4.69, 9.17) is 14.6 Å². The minimum Gasteiger partial charge on any atom is -0.488 e. The SMILES string of the molecule is O=C(O)CCc1cccc(NC(=O)Nc2ccc(OC3CCOC3)cc2)c1. The second kappa shape index (κ2) is 9.05. The summed E-state index contributed by atoms with van der Waals surface area (Å²) in [7, 11) is 0. The smallest absolute Gasteiger partial charge is 0.323 e. The second-order valence-electron chi connectivity index (χ2n) is 6.30. The fourth-order valence-electron chi connectivity index (χ4n) is 2.76. The topological polar surface area (TPSA) is 96.9 Å². The summed E-state index contributed by atoms with van der Waals surface area (Å²) in [6.45, 7) is 1.33. The molecule has 1 aliphatic heterocycles. The van der Waals surface area contributed by atoms with Gasteiger partial charge in [0, 0.05) is 24.2 Å². The third-order valence-corrected chi connectivity index (χ3v) is 4.12. The van der Waals surface area contributed by atoms with Gasteiger partial charge < -0.3 is 25.2 Å². The molecule has 1 fully saturated rings. The molecule has 0 spiro atoms. The van der Waals surface area contributed by atoms with E-state index >= 15 is 0 Å². The van der Waals surface area contributed by atoms with E-state index in [2.05, 4.69) is 10.6 Å². The van der Waals surface area contributed by atoms with E-state index in [1.165, 1.54) is 0 Å². The highest BCUT2D eigenvalue weighted by atomic mass is 16.5. The summed E-state index contributed by atoms with van der Waals surface area (Å²) in [5, 5.41) is 14.3. The van der Waals surface area contributed by atoms with Crippen LogP contribution in [0.25, 0.3) is 0 Å². The van der Waals surface area contributed by atoms with E-state index in [1.54, 1.807) is 42.5 Å². The van der Waals surface area contributed by atoms with Gasteiger partial charge in [0.1, 0.15) is 11.9 Å². The lowest BCUT2D eigenvalue weighted by molar-refractivity contribution is -0.136. The molecule has 142 valence electrons. The van der Waals surface area contributed by atoms with Crippen molar-refractivity contribution in [3.63, 3.8) is 0 Å². The molecule has 0 radical (unpaired) electrons. The zero-order valence-corrected chi connectivity index (χ0v) is 14.8. The third-order valence-electron chi connectivity index (χ3n) is 4.12. The Hall–Kier alpha value is -3.06. The normalized spacial score (nSPS) is 15.9. The first kappa shape index (κ1) is 18.7. The van der Waals surface area contributed by atoms with Crippen LogP contribution in [0.15, 0.2) is 48.5 Å². The number of aliphatic carboxylic acids is 1. The molecule has 2 aromatic carbocycles. The highest BCUT2D eigenvalue weighted by Gasteiger charge is 2.17. The van der Waals surface area contributed by atoms with E-state index in [-0.39, 0.29) is 18.6 Å². The fraction of sp³-hybridized carbons (Fsp3) is 0.300. The number of anilines is 2. The fourth-order valence-corrected chi connectivity index (χ4v) is 2.76. The van der Waals surface area contributed by atoms with Crippen molar-refractivity contribution < 1.29 is 24.2 Å². The average Bonchev–Trinajstić information content (AvgIpc) is 3.15. The van der Waals surface area contributed by atoms with Crippen molar-refractivity contribution in [2.75, 3.05) is 23.8 Å². The lowest BCUT2D eigenvalue weighted by Crippen LogP contribution is -2.19. The van der Waals surface area contributed by atoms with Crippen LogP contribution in [-0.2, 0) is 16.0 Å². The maximum absolute atomic E-state index is 12.2. The van der Waals surface area contributed by atoms with Crippen LogP contribution in [0.1, 0.15) is 18.4 Å².